The Labute approximate surface area is 175 Å². The molecule has 0 saturated heterocycles. The molecule has 2 aromatic rings. The molecular formula is C22H31O5PSi. The average Bonchev–Trinajstić information content (AvgIpc) is 2.72. The van der Waals surface area contributed by atoms with Crippen LogP contribution in [0.15, 0.2) is 48.5 Å². The summed E-state index contributed by atoms with van der Waals surface area (Å²) in [4.78, 5) is 0. The van der Waals surface area contributed by atoms with E-state index in [4.69, 9.17) is 17.8 Å². The molecule has 29 heavy (non-hydrogen) atoms. The van der Waals surface area contributed by atoms with Crippen LogP contribution in [0.2, 0.25) is 6.04 Å². The topological polar surface area (TPSA) is 54.0 Å². The van der Waals surface area contributed by atoms with Gasteiger partial charge in [0.15, 0.2) is 0 Å². The second-order valence-corrected chi connectivity index (χ2v) is 12.1. The van der Waals surface area contributed by atoms with Gasteiger partial charge in [0.2, 0.25) is 0 Å². The van der Waals surface area contributed by atoms with Gasteiger partial charge in [0.25, 0.3) is 7.37 Å². The molecule has 158 valence electrons. The Bertz CT molecular complexity index is 840. The van der Waals surface area contributed by atoms with Gasteiger partial charge in [-0.1, -0.05) is 36.4 Å². The summed E-state index contributed by atoms with van der Waals surface area (Å²) in [5.41, 5.74) is 2.02. The van der Waals surface area contributed by atoms with Crippen molar-refractivity contribution in [2.75, 3.05) is 26.0 Å². The fourth-order valence-electron chi connectivity index (χ4n) is 3.80. The molecule has 3 rings (SSSR count). The Morgan fingerprint density at radius 3 is 2.07 bits per heavy atom. The van der Waals surface area contributed by atoms with E-state index in [1.165, 1.54) is 0 Å². The predicted molar refractivity (Wildman–Crippen MR) is 119 cm³/mol. The summed E-state index contributed by atoms with van der Waals surface area (Å²) in [7, 11) is -5.64. The van der Waals surface area contributed by atoms with Crippen LogP contribution in [0, 0.1) is 0 Å². The molecule has 0 fully saturated rings. The zero-order valence-electron chi connectivity index (χ0n) is 17.6. The number of benzene rings is 2. The molecule has 7 heteroatoms. The van der Waals surface area contributed by atoms with E-state index < -0.39 is 16.2 Å². The van der Waals surface area contributed by atoms with Crippen LogP contribution in [-0.2, 0) is 17.8 Å². The molecule has 0 aromatic heterocycles. The van der Waals surface area contributed by atoms with Crippen LogP contribution in [0.5, 0.6) is 5.75 Å². The third-order valence-electron chi connectivity index (χ3n) is 4.97. The molecule has 1 aliphatic heterocycles. The lowest BCUT2D eigenvalue weighted by Gasteiger charge is -2.30. The Kier molecular flexibility index (Phi) is 7.71. The molecule has 1 aliphatic rings. The molecule has 0 spiro atoms. The van der Waals surface area contributed by atoms with E-state index in [1.807, 2.05) is 69.3 Å². The molecule has 0 radical (unpaired) electrons. The van der Waals surface area contributed by atoms with Crippen molar-refractivity contribution in [3.63, 3.8) is 0 Å². The van der Waals surface area contributed by atoms with Crippen molar-refractivity contribution >= 4 is 21.5 Å². The van der Waals surface area contributed by atoms with Crippen LogP contribution >= 0.6 is 7.37 Å². The normalized spacial score (nSPS) is 18.0. The van der Waals surface area contributed by atoms with Crippen molar-refractivity contribution in [3.05, 3.63) is 48.5 Å². The molecule has 1 unspecified atom stereocenters. The number of unbranched alkanes of at least 4 members (excludes halogenated alkanes) is 1. The first-order chi connectivity index (χ1) is 14.1. The van der Waals surface area contributed by atoms with E-state index >= 15 is 0 Å². The van der Waals surface area contributed by atoms with Crippen molar-refractivity contribution in [1.29, 1.82) is 0 Å². The lowest BCUT2D eigenvalue weighted by atomic mass is 10.0. The van der Waals surface area contributed by atoms with Gasteiger partial charge in [0.05, 0.1) is 5.30 Å². The number of fused-ring (bicyclic) bond motifs is 3. The van der Waals surface area contributed by atoms with E-state index in [-0.39, 0.29) is 0 Å². The molecule has 1 atom stereocenters. The smallest absolute Gasteiger partial charge is 0.439 e. The Balaban J connectivity index is 1.71. The standard InChI is InChI=1S/C22H31O5PSi/c1-4-24-29(25-5-2,26-6-3)18-12-11-17-28(23)22-16-10-8-14-20(22)19-13-7-9-15-21(19)27-28/h7-10,13-16H,4-6,11-12,17-18H2,1-3H3. The number of rotatable bonds is 11. The summed E-state index contributed by atoms with van der Waals surface area (Å²) < 4.78 is 37.7. The minimum absolute atomic E-state index is 0.493. The Hall–Kier alpha value is -1.43. The van der Waals surface area contributed by atoms with Crippen LogP contribution in [-0.4, -0.2) is 34.8 Å². The number of hydrogen-bond donors (Lipinski definition) is 0. The van der Waals surface area contributed by atoms with Gasteiger partial charge in [-0.3, -0.25) is 4.57 Å². The van der Waals surface area contributed by atoms with Crippen molar-refractivity contribution < 1.29 is 22.4 Å². The average molecular weight is 435 g/mol. The fraction of sp³-hybridized carbons (Fsp3) is 0.455. The summed E-state index contributed by atoms with van der Waals surface area (Å²) >= 11 is 0. The van der Waals surface area contributed by atoms with Crippen molar-refractivity contribution in [2.24, 2.45) is 0 Å². The van der Waals surface area contributed by atoms with Crippen LogP contribution in [0.3, 0.4) is 0 Å². The highest BCUT2D eigenvalue weighted by atomic mass is 31.2. The highest BCUT2D eigenvalue weighted by Crippen LogP contribution is 2.54. The molecule has 0 aliphatic carbocycles. The quantitative estimate of drug-likeness (QED) is 0.266. The summed E-state index contributed by atoms with van der Waals surface area (Å²) in [5.74, 6) is 0.705. The first-order valence-electron chi connectivity index (χ1n) is 10.5. The fourth-order valence-corrected chi connectivity index (χ4v) is 8.91. The molecule has 0 N–H and O–H groups in total. The Morgan fingerprint density at radius 2 is 1.41 bits per heavy atom. The summed E-state index contributed by atoms with van der Waals surface area (Å²) in [6, 6.07) is 16.4. The van der Waals surface area contributed by atoms with Gasteiger partial charge in [0.1, 0.15) is 5.75 Å². The molecule has 0 amide bonds. The third-order valence-corrected chi connectivity index (χ3v) is 10.6. The lowest BCUT2D eigenvalue weighted by Crippen LogP contribution is -2.45. The maximum absolute atomic E-state index is 13.8. The minimum Gasteiger partial charge on any atom is -0.439 e. The highest BCUT2D eigenvalue weighted by Gasteiger charge is 2.40. The summed E-state index contributed by atoms with van der Waals surface area (Å²) in [6.45, 7) is 7.58. The van der Waals surface area contributed by atoms with Crippen molar-refractivity contribution in [1.82, 2.24) is 0 Å². The van der Waals surface area contributed by atoms with Crippen molar-refractivity contribution in [3.8, 4) is 16.9 Å². The van der Waals surface area contributed by atoms with Gasteiger partial charge < -0.3 is 17.8 Å². The molecule has 1 heterocycles. The van der Waals surface area contributed by atoms with Crippen LogP contribution in [0.1, 0.15) is 33.6 Å². The van der Waals surface area contributed by atoms with Gasteiger partial charge >= 0.3 is 8.80 Å². The minimum atomic E-state index is -2.97. The summed E-state index contributed by atoms with van der Waals surface area (Å²) in [6.07, 6.45) is 2.08. The first kappa shape index (κ1) is 22.3. The summed E-state index contributed by atoms with van der Waals surface area (Å²) in [5, 5.41) is 0.821. The number of hydrogen-bond acceptors (Lipinski definition) is 5. The van der Waals surface area contributed by atoms with Gasteiger partial charge in [-0.05, 0) is 51.3 Å². The second kappa shape index (κ2) is 10.1. The van der Waals surface area contributed by atoms with Gasteiger partial charge in [-0.15, -0.1) is 0 Å². The van der Waals surface area contributed by atoms with Crippen molar-refractivity contribution in [2.45, 2.75) is 39.7 Å². The van der Waals surface area contributed by atoms with Gasteiger partial charge in [-0.25, -0.2) is 0 Å². The van der Waals surface area contributed by atoms with Crippen LogP contribution in [0.4, 0.5) is 0 Å². The maximum Gasteiger partial charge on any atom is 0.500 e. The molecule has 0 saturated carbocycles. The van der Waals surface area contributed by atoms with Crippen LogP contribution < -0.4 is 9.83 Å². The number of para-hydroxylation sites is 1. The maximum atomic E-state index is 13.8. The SMILES string of the molecule is CCO[Si](CCCCP1(=O)Oc2ccccc2-c2ccccc21)(OCC)OCC. The zero-order valence-corrected chi connectivity index (χ0v) is 19.5. The monoisotopic (exact) mass is 434 g/mol. The van der Waals surface area contributed by atoms with E-state index in [9.17, 15) is 4.57 Å². The van der Waals surface area contributed by atoms with E-state index in [0.717, 1.165) is 35.3 Å². The van der Waals surface area contributed by atoms with Crippen LogP contribution in [0.25, 0.3) is 11.1 Å². The second-order valence-electron chi connectivity index (χ2n) is 6.94. The zero-order chi connectivity index (χ0) is 20.7. The van der Waals surface area contributed by atoms with E-state index in [1.54, 1.807) is 0 Å². The van der Waals surface area contributed by atoms with E-state index in [0.29, 0.717) is 31.7 Å². The molecule has 2 aromatic carbocycles. The third kappa shape index (κ3) is 5.01. The van der Waals surface area contributed by atoms with Gasteiger partial charge in [-0.2, -0.15) is 0 Å². The van der Waals surface area contributed by atoms with E-state index in [2.05, 4.69) is 0 Å². The predicted octanol–water partition coefficient (Wildman–Crippen LogP) is 5.48. The lowest BCUT2D eigenvalue weighted by molar-refractivity contribution is 0.0708. The highest BCUT2D eigenvalue weighted by molar-refractivity contribution is 7.67. The molecular weight excluding hydrogens is 403 g/mol. The first-order valence-corrected chi connectivity index (χ1v) is 14.2. The largest absolute Gasteiger partial charge is 0.500 e. The van der Waals surface area contributed by atoms with Gasteiger partial charge in [0, 0.05) is 37.6 Å². The molecule has 0 bridgehead atoms. The molecule has 5 nitrogen and oxygen atoms in total. The Morgan fingerprint density at radius 1 is 0.828 bits per heavy atom.